The smallest absolute Gasteiger partial charge is 0.433 e. The molecular formula is C25H27F3N6O3S. The van der Waals surface area contributed by atoms with E-state index in [9.17, 15) is 18.0 Å². The van der Waals surface area contributed by atoms with Crippen LogP contribution in [0, 0.1) is 5.92 Å². The first-order valence-electron chi connectivity index (χ1n) is 11.7. The molecule has 1 aliphatic heterocycles. The number of methoxy groups -OCH3 is 1. The second-order valence-electron chi connectivity index (χ2n) is 8.51. The Morgan fingerprint density at radius 3 is 2.82 bits per heavy atom. The van der Waals surface area contributed by atoms with Gasteiger partial charge in [-0.3, -0.25) is 4.79 Å². The predicted molar refractivity (Wildman–Crippen MR) is 140 cm³/mol. The molecule has 0 saturated carbocycles. The summed E-state index contributed by atoms with van der Waals surface area (Å²) < 4.78 is 50.8. The number of nitrogens with two attached hydrogens (primary N) is 1. The maximum absolute atomic E-state index is 13.3. The van der Waals surface area contributed by atoms with Crippen molar-refractivity contribution in [3.8, 4) is 17.2 Å². The Morgan fingerprint density at radius 2 is 2.16 bits per heavy atom. The van der Waals surface area contributed by atoms with E-state index in [-0.39, 0.29) is 41.1 Å². The Morgan fingerprint density at radius 1 is 1.37 bits per heavy atom. The molecular weight excluding hydrogens is 521 g/mol. The fourth-order valence-corrected chi connectivity index (χ4v) is 4.92. The number of aromatic nitrogens is 2. The topological polar surface area (TPSA) is 119 Å². The highest BCUT2D eigenvalue weighted by molar-refractivity contribution is 8.13. The summed E-state index contributed by atoms with van der Waals surface area (Å²) in [5, 5.41) is 4.11. The highest BCUT2D eigenvalue weighted by Gasteiger charge is 2.33. The van der Waals surface area contributed by atoms with Gasteiger partial charge in [-0.2, -0.15) is 13.2 Å². The number of likely N-dealkylation sites (tertiary alicyclic amines) is 1. The van der Waals surface area contributed by atoms with E-state index in [2.05, 4.69) is 31.8 Å². The molecule has 4 rings (SSSR count). The third kappa shape index (κ3) is 5.63. The van der Waals surface area contributed by atoms with E-state index >= 15 is 0 Å². The number of benzene rings is 1. The van der Waals surface area contributed by atoms with Gasteiger partial charge < -0.3 is 25.1 Å². The van der Waals surface area contributed by atoms with Crippen molar-refractivity contribution in [3.05, 3.63) is 54.2 Å². The first kappa shape index (κ1) is 27.5. The van der Waals surface area contributed by atoms with E-state index in [0.29, 0.717) is 17.5 Å². The number of hydrogen-bond donors (Lipinski definition) is 2. The van der Waals surface area contributed by atoms with Crippen LogP contribution in [0.15, 0.2) is 46.5 Å². The average molecular weight is 549 g/mol. The molecule has 1 fully saturated rings. The molecule has 3 N–H and O–H groups in total. The van der Waals surface area contributed by atoms with Gasteiger partial charge in [0.15, 0.2) is 16.6 Å². The molecule has 1 unspecified atom stereocenters. The van der Waals surface area contributed by atoms with Crippen LogP contribution < -0.4 is 15.8 Å². The Kier molecular flexibility index (Phi) is 8.26. The summed E-state index contributed by atoms with van der Waals surface area (Å²) in [7, 11) is 1.34. The van der Waals surface area contributed by atoms with E-state index in [1.54, 1.807) is 6.07 Å². The number of rotatable bonds is 7. The zero-order chi connectivity index (χ0) is 27.4. The number of halogens is 3. The summed E-state index contributed by atoms with van der Waals surface area (Å²) in [5.41, 5.74) is 5.14. The van der Waals surface area contributed by atoms with Gasteiger partial charge in [0.25, 0.3) is 5.91 Å². The summed E-state index contributed by atoms with van der Waals surface area (Å²) in [4.78, 5) is 27.6. The minimum absolute atomic E-state index is 0.00582. The van der Waals surface area contributed by atoms with Crippen LogP contribution in [0.25, 0.3) is 22.4 Å². The minimum Gasteiger partial charge on any atom is -0.494 e. The van der Waals surface area contributed by atoms with Crippen LogP contribution >= 0.6 is 11.8 Å². The van der Waals surface area contributed by atoms with Crippen molar-refractivity contribution in [2.75, 3.05) is 33.0 Å². The quantitative estimate of drug-likeness (QED) is 0.332. The molecule has 38 heavy (non-hydrogen) atoms. The number of amides is 1. The molecule has 9 nitrogen and oxygen atoms in total. The maximum atomic E-state index is 13.3. The second-order valence-corrected chi connectivity index (χ2v) is 9.28. The van der Waals surface area contributed by atoms with Gasteiger partial charge in [-0.05, 0) is 42.9 Å². The number of nitrogens with one attached hydrogen (secondary N) is 1. The number of carbonyl (C=O) groups excluding carboxylic acids is 1. The number of fused-ring (bicyclic) bond motifs is 1. The van der Waals surface area contributed by atoms with Crippen molar-refractivity contribution in [1.29, 1.82) is 0 Å². The van der Waals surface area contributed by atoms with Crippen molar-refractivity contribution in [3.63, 3.8) is 0 Å². The predicted octanol–water partition coefficient (Wildman–Crippen LogP) is 4.29. The zero-order valence-corrected chi connectivity index (χ0v) is 21.7. The molecule has 0 bridgehead atoms. The lowest BCUT2D eigenvalue weighted by atomic mass is 10.1. The van der Waals surface area contributed by atoms with Crippen LogP contribution in [0.1, 0.15) is 28.4 Å². The summed E-state index contributed by atoms with van der Waals surface area (Å²) in [6.07, 6.45) is -0.280. The standard InChI is InChI=1S/C25H27F3N6O3S/c1-4-30-24(38-3)34-10-9-14(13-34)12-31-22(35)21-18(11-29)37-23(33-21)16-5-7-17(36-2)20-15(16)6-8-19(32-20)25(26,27)28/h4-8,14H,1,9-13,29H2,2-3H3,(H,31,35). The van der Waals surface area contributed by atoms with Crippen molar-refractivity contribution >= 4 is 33.7 Å². The summed E-state index contributed by atoms with van der Waals surface area (Å²) in [6, 6.07) is 5.21. The first-order valence-corrected chi connectivity index (χ1v) is 12.9. The third-order valence-electron chi connectivity index (χ3n) is 6.15. The maximum Gasteiger partial charge on any atom is 0.433 e. The zero-order valence-electron chi connectivity index (χ0n) is 20.8. The molecule has 0 aliphatic carbocycles. The van der Waals surface area contributed by atoms with Gasteiger partial charge in [-0.25, -0.2) is 15.0 Å². The van der Waals surface area contributed by atoms with Crippen LogP contribution in [0.3, 0.4) is 0 Å². The van der Waals surface area contributed by atoms with Crippen LogP contribution in [0.5, 0.6) is 5.75 Å². The molecule has 1 aliphatic rings. The molecule has 202 valence electrons. The van der Waals surface area contributed by atoms with Crippen LogP contribution in [-0.4, -0.2) is 58.9 Å². The fourth-order valence-electron chi connectivity index (χ4n) is 4.32. The van der Waals surface area contributed by atoms with Gasteiger partial charge >= 0.3 is 6.18 Å². The Bertz CT molecular complexity index is 1370. The third-order valence-corrected chi connectivity index (χ3v) is 6.88. The molecule has 1 aromatic carbocycles. The monoisotopic (exact) mass is 548 g/mol. The van der Waals surface area contributed by atoms with Crippen LogP contribution in [0.2, 0.25) is 0 Å². The SMILES string of the molecule is C=CN=C(SC)N1CCC(CNC(=O)c2nc(-c3ccc(OC)c4nc(C(F)(F)F)ccc34)oc2CN)C1. The molecule has 1 atom stereocenters. The van der Waals surface area contributed by atoms with E-state index in [1.165, 1.54) is 37.2 Å². The van der Waals surface area contributed by atoms with Crippen molar-refractivity contribution in [2.24, 2.45) is 16.6 Å². The lowest BCUT2D eigenvalue weighted by Gasteiger charge is -2.18. The molecule has 0 radical (unpaired) electrons. The van der Waals surface area contributed by atoms with Crippen LogP contribution in [0.4, 0.5) is 13.2 Å². The number of aliphatic imine (C=N–C) groups is 1. The molecule has 2 aromatic heterocycles. The fraction of sp³-hybridized carbons (Fsp3) is 0.360. The van der Waals surface area contributed by atoms with E-state index in [1.807, 2.05) is 6.26 Å². The van der Waals surface area contributed by atoms with Gasteiger partial charge in [-0.15, -0.1) is 0 Å². The lowest BCUT2D eigenvalue weighted by Crippen LogP contribution is -2.32. The van der Waals surface area contributed by atoms with E-state index in [0.717, 1.165) is 30.7 Å². The summed E-state index contributed by atoms with van der Waals surface area (Å²) >= 11 is 1.54. The van der Waals surface area contributed by atoms with Gasteiger partial charge in [0.2, 0.25) is 5.89 Å². The first-order chi connectivity index (χ1) is 18.2. The van der Waals surface area contributed by atoms with Gasteiger partial charge in [0, 0.05) is 36.8 Å². The summed E-state index contributed by atoms with van der Waals surface area (Å²) in [6.45, 7) is 5.55. The number of ether oxygens (including phenoxy) is 1. The number of alkyl halides is 3. The van der Waals surface area contributed by atoms with Gasteiger partial charge in [0.05, 0.1) is 13.7 Å². The molecule has 1 amide bonds. The molecule has 1 saturated heterocycles. The Hall–Kier alpha value is -3.58. The van der Waals surface area contributed by atoms with Crippen molar-refractivity contribution < 1.29 is 27.1 Å². The number of amidine groups is 1. The Balaban J connectivity index is 1.57. The Labute approximate surface area is 221 Å². The summed E-state index contributed by atoms with van der Waals surface area (Å²) in [5.74, 6) is 0.137. The average Bonchev–Trinajstić information content (AvgIpc) is 3.56. The highest BCUT2D eigenvalue weighted by atomic mass is 32.2. The molecule has 0 spiro atoms. The number of nitrogens with zero attached hydrogens (tertiary/aromatic N) is 4. The van der Waals surface area contributed by atoms with Gasteiger partial charge in [0.1, 0.15) is 17.0 Å². The molecule has 3 aromatic rings. The van der Waals surface area contributed by atoms with Crippen LogP contribution in [-0.2, 0) is 12.7 Å². The normalized spacial score (nSPS) is 16.2. The number of carbonyl (C=O) groups is 1. The number of thioether (sulfide) groups is 1. The number of oxazole rings is 1. The number of hydrogen-bond acceptors (Lipinski definition) is 8. The second kappa shape index (κ2) is 11.4. The van der Waals surface area contributed by atoms with E-state index < -0.39 is 17.8 Å². The van der Waals surface area contributed by atoms with Gasteiger partial charge in [-0.1, -0.05) is 18.3 Å². The molecule has 3 heterocycles. The largest absolute Gasteiger partial charge is 0.494 e. The molecule has 13 heteroatoms. The van der Waals surface area contributed by atoms with Crippen molar-refractivity contribution in [2.45, 2.75) is 19.1 Å². The minimum atomic E-state index is -4.62. The lowest BCUT2D eigenvalue weighted by molar-refractivity contribution is -0.140. The highest BCUT2D eigenvalue weighted by Crippen LogP contribution is 2.37. The van der Waals surface area contributed by atoms with Crippen molar-refractivity contribution in [1.82, 2.24) is 20.2 Å². The number of pyridine rings is 1. The van der Waals surface area contributed by atoms with E-state index in [4.69, 9.17) is 14.9 Å².